The van der Waals surface area contributed by atoms with E-state index in [0.29, 0.717) is 31.7 Å². The van der Waals surface area contributed by atoms with Gasteiger partial charge in [0.1, 0.15) is 5.82 Å². The molecule has 1 aromatic rings. The molecule has 0 unspecified atom stereocenters. The summed E-state index contributed by atoms with van der Waals surface area (Å²) in [5.41, 5.74) is 6.92. The molecule has 0 spiro atoms. The second kappa shape index (κ2) is 4.71. The lowest BCUT2D eigenvalue weighted by Gasteiger charge is -2.16. The van der Waals surface area contributed by atoms with Crippen molar-refractivity contribution in [1.29, 1.82) is 0 Å². The van der Waals surface area contributed by atoms with Gasteiger partial charge in [-0.05, 0) is 17.7 Å². The average molecular weight is 237 g/mol. The lowest BCUT2D eigenvalue weighted by molar-refractivity contribution is 0.196. The highest BCUT2D eigenvalue weighted by atomic mass is 19.1. The van der Waals surface area contributed by atoms with Crippen molar-refractivity contribution < 1.29 is 9.18 Å². The van der Waals surface area contributed by atoms with E-state index in [2.05, 4.69) is 0 Å². The Bertz CT molecular complexity index is 436. The maximum Gasteiger partial charge on any atom is 0.320 e. The molecule has 1 saturated heterocycles. The Morgan fingerprint density at radius 1 is 1.41 bits per heavy atom. The molecule has 4 nitrogen and oxygen atoms in total. The summed E-state index contributed by atoms with van der Waals surface area (Å²) in [6.07, 6.45) is 0. The van der Waals surface area contributed by atoms with E-state index in [1.54, 1.807) is 29.0 Å². The fourth-order valence-electron chi connectivity index (χ4n) is 1.93. The molecule has 0 aromatic heterocycles. The number of amides is 2. The molecular formula is C12H16FN3O. The Labute approximate surface area is 99.8 Å². The van der Waals surface area contributed by atoms with Crippen LogP contribution in [-0.4, -0.2) is 36.0 Å². The Morgan fingerprint density at radius 3 is 2.76 bits per heavy atom. The van der Waals surface area contributed by atoms with Gasteiger partial charge in [0.25, 0.3) is 0 Å². The first-order valence-electron chi connectivity index (χ1n) is 5.59. The van der Waals surface area contributed by atoms with Crippen LogP contribution < -0.4 is 5.73 Å². The van der Waals surface area contributed by atoms with Crippen LogP contribution in [0, 0.1) is 5.82 Å². The number of hydrogen-bond donors (Lipinski definition) is 1. The Kier molecular flexibility index (Phi) is 3.28. The van der Waals surface area contributed by atoms with Crippen LogP contribution in [0.25, 0.3) is 0 Å². The lowest BCUT2D eigenvalue weighted by Crippen LogP contribution is -2.29. The minimum atomic E-state index is -0.287. The molecule has 17 heavy (non-hydrogen) atoms. The minimum absolute atomic E-state index is 0.0532. The topological polar surface area (TPSA) is 49.6 Å². The van der Waals surface area contributed by atoms with Crippen molar-refractivity contribution in [1.82, 2.24) is 9.80 Å². The maximum absolute atomic E-state index is 13.6. The normalized spacial score (nSPS) is 15.8. The molecule has 92 valence electrons. The van der Waals surface area contributed by atoms with E-state index in [1.807, 2.05) is 0 Å². The fourth-order valence-corrected chi connectivity index (χ4v) is 1.93. The van der Waals surface area contributed by atoms with Crippen molar-refractivity contribution in [2.45, 2.75) is 13.1 Å². The Balaban J connectivity index is 2.15. The number of rotatable bonds is 3. The van der Waals surface area contributed by atoms with Crippen molar-refractivity contribution in [3.63, 3.8) is 0 Å². The number of hydrogen-bond acceptors (Lipinski definition) is 2. The number of halogens is 1. The predicted molar refractivity (Wildman–Crippen MR) is 62.7 cm³/mol. The van der Waals surface area contributed by atoms with Crippen molar-refractivity contribution in [2.24, 2.45) is 5.73 Å². The summed E-state index contributed by atoms with van der Waals surface area (Å²) in [7, 11) is 1.75. The molecule has 0 bridgehead atoms. The predicted octanol–water partition coefficient (Wildman–Crippen LogP) is 1.15. The molecule has 0 radical (unpaired) electrons. The van der Waals surface area contributed by atoms with Crippen LogP contribution in [0.3, 0.4) is 0 Å². The first-order chi connectivity index (χ1) is 8.11. The number of benzene rings is 1. The third-order valence-corrected chi connectivity index (χ3v) is 3.01. The van der Waals surface area contributed by atoms with Crippen LogP contribution in [0.1, 0.15) is 11.1 Å². The summed E-state index contributed by atoms with van der Waals surface area (Å²) in [6.45, 7) is 2.02. The molecule has 1 aromatic carbocycles. The summed E-state index contributed by atoms with van der Waals surface area (Å²) >= 11 is 0. The average Bonchev–Trinajstić information content (AvgIpc) is 2.64. The quantitative estimate of drug-likeness (QED) is 0.857. The van der Waals surface area contributed by atoms with Crippen molar-refractivity contribution >= 4 is 6.03 Å². The molecule has 0 saturated carbocycles. The molecule has 1 aliphatic rings. The van der Waals surface area contributed by atoms with Gasteiger partial charge in [-0.15, -0.1) is 0 Å². The zero-order valence-corrected chi connectivity index (χ0v) is 9.82. The molecule has 1 heterocycles. The third-order valence-electron chi connectivity index (χ3n) is 3.01. The zero-order chi connectivity index (χ0) is 12.4. The van der Waals surface area contributed by atoms with Crippen LogP contribution >= 0.6 is 0 Å². The van der Waals surface area contributed by atoms with Gasteiger partial charge in [-0.1, -0.05) is 6.07 Å². The number of carbonyl (C=O) groups is 1. The summed E-state index contributed by atoms with van der Waals surface area (Å²) in [6, 6.07) is 4.74. The number of likely N-dealkylation sites (N-methyl/N-ethyl adjacent to an activating group) is 1. The van der Waals surface area contributed by atoms with E-state index >= 15 is 0 Å². The van der Waals surface area contributed by atoms with Gasteiger partial charge in [0, 0.05) is 32.2 Å². The van der Waals surface area contributed by atoms with Crippen LogP contribution in [-0.2, 0) is 13.1 Å². The smallest absolute Gasteiger partial charge is 0.320 e. The first-order valence-corrected chi connectivity index (χ1v) is 5.59. The van der Waals surface area contributed by atoms with Gasteiger partial charge in [0.05, 0.1) is 6.54 Å². The van der Waals surface area contributed by atoms with E-state index < -0.39 is 0 Å². The van der Waals surface area contributed by atoms with Gasteiger partial charge in [-0.25, -0.2) is 9.18 Å². The van der Waals surface area contributed by atoms with Gasteiger partial charge in [-0.2, -0.15) is 0 Å². The Morgan fingerprint density at radius 2 is 2.18 bits per heavy atom. The third kappa shape index (κ3) is 2.39. The highest BCUT2D eigenvalue weighted by molar-refractivity contribution is 5.76. The van der Waals surface area contributed by atoms with Crippen molar-refractivity contribution in [3.8, 4) is 0 Å². The summed E-state index contributed by atoms with van der Waals surface area (Å²) in [4.78, 5) is 14.9. The van der Waals surface area contributed by atoms with Gasteiger partial charge >= 0.3 is 6.03 Å². The number of nitrogens with zero attached hydrogens (tertiary/aromatic N) is 2. The molecule has 2 rings (SSSR count). The second-order valence-electron chi connectivity index (χ2n) is 4.26. The monoisotopic (exact) mass is 237 g/mol. The van der Waals surface area contributed by atoms with Gasteiger partial charge in [-0.3, -0.25) is 0 Å². The molecule has 0 aliphatic carbocycles. The maximum atomic E-state index is 13.6. The molecule has 1 aliphatic heterocycles. The molecule has 2 amide bonds. The summed E-state index contributed by atoms with van der Waals surface area (Å²) < 4.78 is 13.6. The largest absolute Gasteiger partial charge is 0.326 e. The van der Waals surface area contributed by atoms with Crippen LogP contribution in [0.2, 0.25) is 0 Å². The standard InChI is InChI=1S/C12H16FN3O/c1-15-4-5-16(12(15)17)8-10-6-9(7-14)2-3-11(10)13/h2-3,6H,4-5,7-8,14H2,1H3. The van der Waals surface area contributed by atoms with E-state index in [-0.39, 0.29) is 11.8 Å². The summed E-state index contributed by atoms with van der Waals surface area (Å²) in [5.74, 6) is -0.287. The molecule has 2 N–H and O–H groups in total. The Hall–Kier alpha value is -1.62. The van der Waals surface area contributed by atoms with Crippen LogP contribution in [0.4, 0.5) is 9.18 Å². The fraction of sp³-hybridized carbons (Fsp3) is 0.417. The van der Waals surface area contributed by atoms with Crippen molar-refractivity contribution in [3.05, 3.63) is 35.1 Å². The molecule has 0 atom stereocenters. The zero-order valence-electron chi connectivity index (χ0n) is 9.82. The van der Waals surface area contributed by atoms with E-state index in [1.165, 1.54) is 6.07 Å². The molecular weight excluding hydrogens is 221 g/mol. The SMILES string of the molecule is CN1CCN(Cc2cc(CN)ccc2F)C1=O. The number of urea groups is 1. The minimum Gasteiger partial charge on any atom is -0.326 e. The lowest BCUT2D eigenvalue weighted by atomic mass is 10.1. The van der Waals surface area contributed by atoms with Crippen LogP contribution in [0.5, 0.6) is 0 Å². The molecule has 5 heteroatoms. The van der Waals surface area contributed by atoms with E-state index in [9.17, 15) is 9.18 Å². The highest BCUT2D eigenvalue weighted by Crippen LogP contribution is 2.16. The highest BCUT2D eigenvalue weighted by Gasteiger charge is 2.25. The van der Waals surface area contributed by atoms with Crippen molar-refractivity contribution in [2.75, 3.05) is 20.1 Å². The van der Waals surface area contributed by atoms with E-state index in [4.69, 9.17) is 5.73 Å². The number of nitrogens with two attached hydrogens (primary N) is 1. The molecule has 1 fully saturated rings. The first kappa shape index (κ1) is 11.9. The van der Waals surface area contributed by atoms with E-state index in [0.717, 1.165) is 5.56 Å². The van der Waals surface area contributed by atoms with Gasteiger partial charge in [0.15, 0.2) is 0 Å². The van der Waals surface area contributed by atoms with Gasteiger partial charge in [0.2, 0.25) is 0 Å². The number of carbonyl (C=O) groups excluding carboxylic acids is 1. The second-order valence-corrected chi connectivity index (χ2v) is 4.26. The van der Waals surface area contributed by atoms with Gasteiger partial charge < -0.3 is 15.5 Å². The summed E-state index contributed by atoms with van der Waals surface area (Å²) in [5, 5.41) is 0. The van der Waals surface area contributed by atoms with Crippen LogP contribution in [0.15, 0.2) is 18.2 Å².